The first kappa shape index (κ1) is 33.4. The summed E-state index contributed by atoms with van der Waals surface area (Å²) < 4.78 is 39.1. The van der Waals surface area contributed by atoms with Crippen molar-refractivity contribution in [1.82, 2.24) is 25.2 Å². The van der Waals surface area contributed by atoms with Crippen LogP contribution in [0.3, 0.4) is 0 Å². The zero-order chi connectivity index (χ0) is 34.1. The number of allylic oxidation sites excluding steroid dienone is 1. The van der Waals surface area contributed by atoms with Crippen LogP contribution in [-0.4, -0.2) is 84.2 Å². The number of rotatable bonds is 8. The summed E-state index contributed by atoms with van der Waals surface area (Å²) >= 11 is 0. The first-order valence-corrected chi connectivity index (χ1v) is 18.1. The van der Waals surface area contributed by atoms with Gasteiger partial charge in [0.15, 0.2) is 0 Å². The number of fused-ring (bicyclic) bond motifs is 3. The molecular weight excluding hydrogens is 638 g/mol. The van der Waals surface area contributed by atoms with Gasteiger partial charge in [-0.05, 0) is 61.6 Å². The summed E-state index contributed by atoms with van der Waals surface area (Å²) in [7, 11) is -3.87. The van der Waals surface area contributed by atoms with Crippen molar-refractivity contribution in [2.45, 2.75) is 87.3 Å². The van der Waals surface area contributed by atoms with Gasteiger partial charge in [0.05, 0.1) is 18.4 Å². The van der Waals surface area contributed by atoms with Gasteiger partial charge >= 0.3 is 6.09 Å². The van der Waals surface area contributed by atoms with Crippen LogP contribution in [-0.2, 0) is 29.1 Å². The Labute approximate surface area is 279 Å². The maximum Gasteiger partial charge on any atom is 0.407 e. The van der Waals surface area contributed by atoms with Gasteiger partial charge in [-0.3, -0.25) is 19.1 Å². The maximum absolute atomic E-state index is 14.1. The SMILES string of the molecule is C=CC1C[C@]1(NC(=O)[C@@H]1C[C@@H]2CN1C(=O)[C@H](CCC)NC(=O)OCCC/C=C/c1ccc3ccnc(c3c1)O2)C(=O)NS(=O)(=O)C1CC1. The van der Waals surface area contributed by atoms with Crippen molar-refractivity contribution in [1.29, 1.82) is 0 Å². The number of carbonyl (C=O) groups is 4. The van der Waals surface area contributed by atoms with Gasteiger partial charge in [-0.2, -0.15) is 0 Å². The fraction of sp³-hybridized carbons (Fsp3) is 0.500. The number of aromatic nitrogens is 1. The molecule has 2 aromatic rings. The van der Waals surface area contributed by atoms with E-state index in [0.29, 0.717) is 44.4 Å². The number of ether oxygens (including phenoxy) is 2. The van der Waals surface area contributed by atoms with E-state index in [1.807, 2.05) is 43.3 Å². The third kappa shape index (κ3) is 7.03. The van der Waals surface area contributed by atoms with Crippen molar-refractivity contribution in [2.75, 3.05) is 13.2 Å². The Kier molecular flexibility index (Phi) is 9.46. The largest absolute Gasteiger partial charge is 0.472 e. The Hall–Kier alpha value is -4.46. The maximum atomic E-state index is 14.1. The Morgan fingerprint density at radius 1 is 1.23 bits per heavy atom. The van der Waals surface area contributed by atoms with Gasteiger partial charge in [0, 0.05) is 23.9 Å². The van der Waals surface area contributed by atoms with Crippen LogP contribution >= 0.6 is 0 Å². The molecule has 5 atom stereocenters. The monoisotopic (exact) mass is 679 g/mol. The molecule has 2 aliphatic carbocycles. The first-order chi connectivity index (χ1) is 23.0. The number of carbonyl (C=O) groups excluding carboxylic acids is 4. The Bertz CT molecular complexity index is 1760. The lowest BCUT2D eigenvalue weighted by atomic mass is 10.1. The summed E-state index contributed by atoms with van der Waals surface area (Å²) in [5.41, 5.74) is -0.594. The van der Waals surface area contributed by atoms with E-state index in [2.05, 4.69) is 26.9 Å². The Morgan fingerprint density at radius 2 is 2.04 bits per heavy atom. The van der Waals surface area contributed by atoms with Crippen LogP contribution < -0.4 is 20.1 Å². The number of hydrogen-bond donors (Lipinski definition) is 3. The third-order valence-corrected chi connectivity index (χ3v) is 11.2. The molecule has 256 valence electrons. The Morgan fingerprint density at radius 3 is 2.77 bits per heavy atom. The number of hydrogen-bond acceptors (Lipinski definition) is 9. The van der Waals surface area contributed by atoms with Crippen LogP contribution in [0.15, 0.2) is 49.2 Å². The second-order valence-corrected chi connectivity index (χ2v) is 14.9. The number of amides is 4. The summed E-state index contributed by atoms with van der Waals surface area (Å²) in [6.07, 6.45) is 9.00. The average molecular weight is 680 g/mol. The smallest absolute Gasteiger partial charge is 0.407 e. The zero-order valence-electron chi connectivity index (χ0n) is 26.9. The fourth-order valence-corrected chi connectivity index (χ4v) is 7.79. The molecule has 2 saturated carbocycles. The molecule has 0 spiro atoms. The molecule has 3 fully saturated rings. The molecule has 14 heteroatoms. The standard InChI is InChI=1S/C34H41N5O8S/c1-3-8-27-31(41)39-20-24(18-28(39)29(40)37-34(19-23(34)4-2)32(42)38-48(44,45)25-12-13-25)47-30-26-17-21(10-11-22(26)14-15-35-30)9-6-5-7-16-46-33(43)36-27/h4,6,9-11,14-15,17,23-25,27-28H,2-3,5,7-8,12-13,16,18-20H2,1H3,(H,36,43)(H,37,40)(H,38,42)/b9-6+/t23?,24-,27+,28+,34-/m1/s1. The predicted molar refractivity (Wildman–Crippen MR) is 177 cm³/mol. The molecule has 2 aliphatic heterocycles. The molecule has 1 aromatic heterocycles. The van der Waals surface area contributed by atoms with Crippen LogP contribution in [0, 0.1) is 5.92 Å². The molecule has 4 amide bonds. The van der Waals surface area contributed by atoms with Gasteiger partial charge in [0.1, 0.15) is 23.7 Å². The number of cyclic esters (lactones) is 1. The van der Waals surface area contributed by atoms with Gasteiger partial charge in [0.2, 0.25) is 27.7 Å². The molecule has 1 saturated heterocycles. The van der Waals surface area contributed by atoms with Crippen LogP contribution in [0.25, 0.3) is 16.8 Å². The molecule has 13 nitrogen and oxygen atoms in total. The minimum atomic E-state index is -3.87. The minimum Gasteiger partial charge on any atom is -0.472 e. The highest BCUT2D eigenvalue weighted by molar-refractivity contribution is 7.91. The van der Waals surface area contributed by atoms with E-state index in [4.69, 9.17) is 9.47 Å². The van der Waals surface area contributed by atoms with Crippen LogP contribution in [0.1, 0.15) is 63.9 Å². The highest BCUT2D eigenvalue weighted by Gasteiger charge is 2.62. The number of benzene rings is 1. The van der Waals surface area contributed by atoms with E-state index in [1.165, 1.54) is 11.0 Å². The molecule has 3 N–H and O–H groups in total. The predicted octanol–water partition coefficient (Wildman–Crippen LogP) is 2.95. The average Bonchev–Trinajstić information content (AvgIpc) is 3.99. The lowest BCUT2D eigenvalue weighted by Gasteiger charge is -2.29. The molecule has 4 bridgehead atoms. The summed E-state index contributed by atoms with van der Waals surface area (Å²) in [4.78, 5) is 60.1. The first-order valence-electron chi connectivity index (χ1n) is 16.5. The molecule has 1 aromatic carbocycles. The van der Waals surface area contributed by atoms with Crippen LogP contribution in [0.2, 0.25) is 0 Å². The highest BCUT2D eigenvalue weighted by Crippen LogP contribution is 2.45. The minimum absolute atomic E-state index is 0.00562. The highest BCUT2D eigenvalue weighted by atomic mass is 32.2. The van der Waals surface area contributed by atoms with Crippen molar-refractivity contribution in [2.24, 2.45) is 5.92 Å². The van der Waals surface area contributed by atoms with E-state index in [0.717, 1.165) is 16.3 Å². The lowest BCUT2D eigenvalue weighted by Crippen LogP contribution is -2.58. The molecule has 1 unspecified atom stereocenters. The van der Waals surface area contributed by atoms with E-state index in [1.54, 1.807) is 6.20 Å². The quantitative estimate of drug-likeness (QED) is 0.355. The van der Waals surface area contributed by atoms with Gasteiger partial charge < -0.3 is 25.0 Å². The summed E-state index contributed by atoms with van der Waals surface area (Å²) in [6, 6.07) is 5.71. The van der Waals surface area contributed by atoms with E-state index in [9.17, 15) is 27.6 Å². The molecule has 48 heavy (non-hydrogen) atoms. The lowest BCUT2D eigenvalue weighted by molar-refractivity contribution is -0.141. The van der Waals surface area contributed by atoms with Crippen LogP contribution in [0.4, 0.5) is 4.79 Å². The number of nitrogens with one attached hydrogen (secondary N) is 3. The number of pyridine rings is 1. The van der Waals surface area contributed by atoms with Crippen molar-refractivity contribution < 1.29 is 37.1 Å². The molecule has 3 heterocycles. The zero-order valence-corrected chi connectivity index (χ0v) is 27.7. The van der Waals surface area contributed by atoms with E-state index < -0.39 is 68.7 Å². The summed E-state index contributed by atoms with van der Waals surface area (Å²) in [5, 5.41) is 6.50. The van der Waals surface area contributed by atoms with Gasteiger partial charge in [-0.1, -0.05) is 43.7 Å². The molecule has 4 aliphatic rings. The fourth-order valence-electron chi connectivity index (χ4n) is 6.42. The van der Waals surface area contributed by atoms with Crippen LogP contribution in [0.5, 0.6) is 5.88 Å². The third-order valence-electron chi connectivity index (χ3n) is 9.36. The Balaban J connectivity index is 1.31. The van der Waals surface area contributed by atoms with Crippen molar-refractivity contribution in [3.63, 3.8) is 0 Å². The topological polar surface area (TPSA) is 173 Å². The molecular formula is C34H41N5O8S. The van der Waals surface area contributed by atoms with Gasteiger partial charge in [0.25, 0.3) is 5.91 Å². The van der Waals surface area contributed by atoms with E-state index in [-0.39, 0.29) is 26.0 Å². The summed E-state index contributed by atoms with van der Waals surface area (Å²) in [6.45, 7) is 5.79. The number of nitrogens with zero attached hydrogens (tertiary/aromatic N) is 2. The van der Waals surface area contributed by atoms with Crippen molar-refractivity contribution in [3.8, 4) is 5.88 Å². The molecule has 0 radical (unpaired) electrons. The number of sulfonamides is 1. The second kappa shape index (κ2) is 13.6. The second-order valence-electron chi connectivity index (χ2n) is 12.9. The van der Waals surface area contributed by atoms with Gasteiger partial charge in [-0.15, -0.1) is 6.58 Å². The normalized spacial score (nSPS) is 28.3. The van der Waals surface area contributed by atoms with E-state index >= 15 is 0 Å². The van der Waals surface area contributed by atoms with Crippen molar-refractivity contribution in [3.05, 3.63) is 54.8 Å². The van der Waals surface area contributed by atoms with Crippen molar-refractivity contribution >= 4 is 50.7 Å². The molecule has 6 rings (SSSR count). The van der Waals surface area contributed by atoms with Gasteiger partial charge in [-0.25, -0.2) is 18.2 Å². The summed E-state index contributed by atoms with van der Waals surface area (Å²) in [5.74, 6) is -2.11. The number of alkyl carbamates (subject to hydrolysis) is 1.